The van der Waals surface area contributed by atoms with Crippen molar-refractivity contribution in [3.05, 3.63) is 28.7 Å². The van der Waals surface area contributed by atoms with E-state index in [9.17, 15) is 5.11 Å². The molecule has 0 spiro atoms. The molecular formula is C13H15BrN2O. The van der Waals surface area contributed by atoms with Crippen LogP contribution in [0.4, 0.5) is 5.82 Å². The lowest BCUT2D eigenvalue weighted by Crippen LogP contribution is -2.26. The summed E-state index contributed by atoms with van der Waals surface area (Å²) in [5, 5.41) is 14.0. The third-order valence-corrected chi connectivity index (χ3v) is 2.74. The van der Waals surface area contributed by atoms with Gasteiger partial charge in [0.25, 0.3) is 0 Å². The summed E-state index contributed by atoms with van der Waals surface area (Å²) in [6, 6.07) is 7.52. The molecule has 17 heavy (non-hydrogen) atoms. The molecule has 0 aliphatic rings. The van der Waals surface area contributed by atoms with Crippen LogP contribution >= 0.6 is 15.9 Å². The molecule has 3 nitrogen and oxygen atoms in total. The van der Waals surface area contributed by atoms with Crippen molar-refractivity contribution in [1.29, 1.82) is 0 Å². The van der Waals surface area contributed by atoms with Crippen LogP contribution in [0.3, 0.4) is 0 Å². The Bertz CT molecular complexity index is 561. The van der Waals surface area contributed by atoms with E-state index in [0.717, 1.165) is 15.4 Å². The molecule has 0 saturated carbocycles. The zero-order valence-electron chi connectivity index (χ0n) is 10.1. The van der Waals surface area contributed by atoms with E-state index in [2.05, 4.69) is 26.2 Å². The number of benzene rings is 1. The molecule has 90 valence electrons. The molecule has 2 aromatic rings. The molecule has 4 heteroatoms. The first kappa shape index (κ1) is 12.2. The fourth-order valence-corrected chi connectivity index (χ4v) is 1.96. The quantitative estimate of drug-likeness (QED) is 0.838. The number of pyridine rings is 1. The van der Waals surface area contributed by atoms with Gasteiger partial charge in [-0.05, 0) is 45.0 Å². The summed E-state index contributed by atoms with van der Waals surface area (Å²) < 4.78 is 0.975. The van der Waals surface area contributed by atoms with E-state index in [1.54, 1.807) is 6.07 Å². The average molecular weight is 295 g/mol. The van der Waals surface area contributed by atoms with Gasteiger partial charge in [0.1, 0.15) is 0 Å². The summed E-state index contributed by atoms with van der Waals surface area (Å²) in [4.78, 5) is 4.42. The van der Waals surface area contributed by atoms with Gasteiger partial charge >= 0.3 is 0 Å². The van der Waals surface area contributed by atoms with Gasteiger partial charge in [-0.2, -0.15) is 0 Å². The monoisotopic (exact) mass is 294 g/mol. The van der Waals surface area contributed by atoms with Crippen molar-refractivity contribution < 1.29 is 5.11 Å². The third-order valence-electron chi connectivity index (χ3n) is 2.25. The number of nitrogens with zero attached hydrogens (tertiary/aromatic N) is 1. The van der Waals surface area contributed by atoms with Gasteiger partial charge in [0.05, 0.1) is 5.52 Å². The van der Waals surface area contributed by atoms with E-state index < -0.39 is 0 Å². The molecule has 0 atom stereocenters. The molecule has 0 bridgehead atoms. The number of nitrogens with one attached hydrogen (secondary N) is 1. The molecule has 0 aliphatic heterocycles. The average Bonchev–Trinajstić information content (AvgIpc) is 2.17. The SMILES string of the molecule is CC(C)(C)Nc1nc2ccc(Br)cc2cc1O. The summed E-state index contributed by atoms with van der Waals surface area (Å²) in [5.41, 5.74) is 0.728. The first-order valence-electron chi connectivity index (χ1n) is 5.43. The molecule has 0 fully saturated rings. The summed E-state index contributed by atoms with van der Waals surface area (Å²) in [6.45, 7) is 6.08. The van der Waals surface area contributed by atoms with Crippen LogP contribution in [0.5, 0.6) is 5.75 Å². The highest BCUT2D eigenvalue weighted by Crippen LogP contribution is 2.29. The summed E-state index contributed by atoms with van der Waals surface area (Å²) in [7, 11) is 0. The summed E-state index contributed by atoms with van der Waals surface area (Å²) in [6.07, 6.45) is 0. The van der Waals surface area contributed by atoms with Crippen LogP contribution in [0, 0.1) is 0 Å². The normalized spacial score (nSPS) is 11.8. The van der Waals surface area contributed by atoms with Crippen LogP contribution in [0.15, 0.2) is 28.7 Å². The molecule has 0 aliphatic carbocycles. The van der Waals surface area contributed by atoms with Gasteiger partial charge in [-0.3, -0.25) is 0 Å². The van der Waals surface area contributed by atoms with Crippen LogP contribution in [0.1, 0.15) is 20.8 Å². The summed E-state index contributed by atoms with van der Waals surface area (Å²) >= 11 is 3.40. The minimum atomic E-state index is -0.131. The Balaban J connectivity index is 2.52. The second-order valence-electron chi connectivity index (χ2n) is 5.07. The van der Waals surface area contributed by atoms with Gasteiger partial charge < -0.3 is 10.4 Å². The summed E-state index contributed by atoms with van der Waals surface area (Å²) in [5.74, 6) is 0.692. The largest absolute Gasteiger partial charge is 0.504 e. The van der Waals surface area contributed by atoms with Crippen molar-refractivity contribution in [1.82, 2.24) is 4.98 Å². The van der Waals surface area contributed by atoms with E-state index in [0.29, 0.717) is 5.82 Å². The van der Waals surface area contributed by atoms with E-state index in [-0.39, 0.29) is 11.3 Å². The second-order valence-corrected chi connectivity index (χ2v) is 5.98. The van der Waals surface area contributed by atoms with Crippen molar-refractivity contribution >= 4 is 32.7 Å². The van der Waals surface area contributed by atoms with Gasteiger partial charge in [0, 0.05) is 15.4 Å². The Hall–Kier alpha value is -1.29. The predicted octanol–water partition coefficient (Wildman–Crippen LogP) is 3.91. The van der Waals surface area contributed by atoms with Crippen LogP contribution in [-0.4, -0.2) is 15.6 Å². The maximum Gasteiger partial charge on any atom is 0.169 e. The standard InChI is InChI=1S/C13H15BrN2O/c1-13(2,3)16-12-11(17)7-8-6-9(14)4-5-10(8)15-12/h4-7,17H,1-3H3,(H,15,16). The van der Waals surface area contributed by atoms with Crippen LogP contribution < -0.4 is 5.32 Å². The van der Waals surface area contributed by atoms with Crippen molar-refractivity contribution in [2.75, 3.05) is 5.32 Å². The van der Waals surface area contributed by atoms with E-state index in [1.807, 2.05) is 39.0 Å². The minimum Gasteiger partial charge on any atom is -0.504 e. The van der Waals surface area contributed by atoms with Crippen LogP contribution in [-0.2, 0) is 0 Å². The second kappa shape index (κ2) is 4.18. The third kappa shape index (κ3) is 2.88. The number of aromatic hydroxyl groups is 1. The van der Waals surface area contributed by atoms with Gasteiger partial charge in [-0.15, -0.1) is 0 Å². The highest BCUT2D eigenvalue weighted by Gasteiger charge is 2.14. The maximum atomic E-state index is 9.92. The van der Waals surface area contributed by atoms with Crippen molar-refractivity contribution in [3.63, 3.8) is 0 Å². The number of aromatic nitrogens is 1. The predicted molar refractivity (Wildman–Crippen MR) is 74.5 cm³/mol. The zero-order valence-corrected chi connectivity index (χ0v) is 11.7. The molecule has 2 rings (SSSR count). The smallest absolute Gasteiger partial charge is 0.169 e. The Labute approximate surface area is 109 Å². The molecule has 0 radical (unpaired) electrons. The number of hydrogen-bond donors (Lipinski definition) is 2. The maximum absolute atomic E-state index is 9.92. The number of halogens is 1. The Morgan fingerprint density at radius 3 is 2.59 bits per heavy atom. The van der Waals surface area contributed by atoms with Gasteiger partial charge in [0.2, 0.25) is 0 Å². The lowest BCUT2D eigenvalue weighted by atomic mass is 10.1. The van der Waals surface area contributed by atoms with Crippen LogP contribution in [0.2, 0.25) is 0 Å². The number of fused-ring (bicyclic) bond motifs is 1. The fraction of sp³-hybridized carbons (Fsp3) is 0.308. The molecule has 1 heterocycles. The van der Waals surface area contributed by atoms with Crippen molar-refractivity contribution in [3.8, 4) is 5.75 Å². The molecule has 2 N–H and O–H groups in total. The first-order valence-corrected chi connectivity index (χ1v) is 6.22. The minimum absolute atomic E-state index is 0.131. The molecule has 0 amide bonds. The van der Waals surface area contributed by atoms with Crippen LogP contribution in [0.25, 0.3) is 10.9 Å². The highest BCUT2D eigenvalue weighted by molar-refractivity contribution is 9.10. The van der Waals surface area contributed by atoms with E-state index >= 15 is 0 Å². The van der Waals surface area contributed by atoms with Crippen molar-refractivity contribution in [2.45, 2.75) is 26.3 Å². The Morgan fingerprint density at radius 2 is 1.94 bits per heavy atom. The number of anilines is 1. The lowest BCUT2D eigenvalue weighted by molar-refractivity contribution is 0.472. The highest BCUT2D eigenvalue weighted by atomic mass is 79.9. The zero-order chi connectivity index (χ0) is 12.6. The molecule has 0 saturated heterocycles. The molecule has 0 unspecified atom stereocenters. The number of hydrogen-bond acceptors (Lipinski definition) is 3. The topological polar surface area (TPSA) is 45.2 Å². The van der Waals surface area contributed by atoms with E-state index in [1.165, 1.54) is 0 Å². The molecular weight excluding hydrogens is 280 g/mol. The van der Waals surface area contributed by atoms with Gasteiger partial charge in [0.15, 0.2) is 11.6 Å². The van der Waals surface area contributed by atoms with Crippen molar-refractivity contribution in [2.24, 2.45) is 0 Å². The van der Waals surface area contributed by atoms with Gasteiger partial charge in [-0.1, -0.05) is 15.9 Å². The first-order chi connectivity index (χ1) is 7.85. The Kier molecular flexibility index (Phi) is 3.00. The molecule has 1 aromatic heterocycles. The van der Waals surface area contributed by atoms with Gasteiger partial charge in [-0.25, -0.2) is 4.98 Å². The number of rotatable bonds is 1. The lowest BCUT2D eigenvalue weighted by Gasteiger charge is -2.22. The van der Waals surface area contributed by atoms with E-state index in [4.69, 9.17) is 0 Å². The Morgan fingerprint density at radius 1 is 1.24 bits per heavy atom. The fourth-order valence-electron chi connectivity index (χ4n) is 1.58. The molecule has 1 aromatic carbocycles.